The first-order valence-corrected chi connectivity index (χ1v) is 9.31. The number of ether oxygens (including phenoxy) is 1. The summed E-state index contributed by atoms with van der Waals surface area (Å²) in [7, 11) is 3.40. The van der Waals surface area contributed by atoms with Gasteiger partial charge in [0.25, 0.3) is 0 Å². The summed E-state index contributed by atoms with van der Waals surface area (Å²) in [4.78, 5) is 2.25. The summed E-state index contributed by atoms with van der Waals surface area (Å²) >= 11 is 0. The van der Waals surface area contributed by atoms with Crippen molar-refractivity contribution in [3.8, 4) is 17.0 Å². The van der Waals surface area contributed by atoms with Gasteiger partial charge >= 0.3 is 6.18 Å². The highest BCUT2D eigenvalue weighted by Gasteiger charge is 2.32. The smallest absolute Gasteiger partial charge is 0.416 e. The van der Waals surface area contributed by atoms with E-state index in [0.29, 0.717) is 28.0 Å². The van der Waals surface area contributed by atoms with Gasteiger partial charge in [-0.15, -0.1) is 10.2 Å². The van der Waals surface area contributed by atoms with Crippen LogP contribution in [0.15, 0.2) is 34.9 Å². The van der Waals surface area contributed by atoms with Crippen molar-refractivity contribution < 1.29 is 22.3 Å². The molecule has 1 atom stereocenters. The lowest BCUT2D eigenvalue weighted by molar-refractivity contribution is -0.137. The Labute approximate surface area is 165 Å². The van der Waals surface area contributed by atoms with Crippen LogP contribution in [0, 0.1) is 0 Å². The molecule has 0 aliphatic carbocycles. The van der Waals surface area contributed by atoms with Gasteiger partial charge in [0.2, 0.25) is 0 Å². The number of fused-ring (bicyclic) bond motifs is 1. The molecule has 154 valence electrons. The summed E-state index contributed by atoms with van der Waals surface area (Å²) in [5.41, 5.74) is 0.563. The first kappa shape index (κ1) is 19.5. The van der Waals surface area contributed by atoms with Gasteiger partial charge in [0.1, 0.15) is 11.4 Å². The molecule has 0 spiro atoms. The molecule has 2 aromatic heterocycles. The number of likely N-dealkylation sites (tertiary alicyclic amines) is 1. The third-order valence-electron chi connectivity index (χ3n) is 5.13. The van der Waals surface area contributed by atoms with E-state index >= 15 is 0 Å². The fourth-order valence-electron chi connectivity index (χ4n) is 3.71. The van der Waals surface area contributed by atoms with E-state index in [2.05, 4.69) is 27.5 Å². The summed E-state index contributed by atoms with van der Waals surface area (Å²) in [5, 5.41) is 12.6. The third-order valence-corrected chi connectivity index (χ3v) is 5.13. The topological polar surface area (TPSA) is 63.4 Å². The van der Waals surface area contributed by atoms with Crippen LogP contribution < -0.4 is 10.1 Å². The number of hydrogen-bond acceptors (Lipinski definition) is 6. The summed E-state index contributed by atoms with van der Waals surface area (Å²) in [6.45, 7) is 1.95. The third kappa shape index (κ3) is 3.87. The van der Waals surface area contributed by atoms with E-state index in [1.807, 2.05) is 0 Å². The molecule has 1 aliphatic heterocycles. The minimum Gasteiger partial charge on any atom is -0.496 e. The lowest BCUT2D eigenvalue weighted by Gasteiger charge is -2.30. The number of methoxy groups -OCH3 is 1. The zero-order chi connectivity index (χ0) is 20.6. The van der Waals surface area contributed by atoms with Gasteiger partial charge in [0.15, 0.2) is 11.4 Å². The van der Waals surface area contributed by atoms with Crippen molar-refractivity contribution in [1.82, 2.24) is 15.1 Å². The van der Waals surface area contributed by atoms with Crippen molar-refractivity contribution >= 4 is 16.8 Å². The molecule has 0 amide bonds. The maximum absolute atomic E-state index is 13.0. The maximum Gasteiger partial charge on any atom is 0.416 e. The van der Waals surface area contributed by atoms with Gasteiger partial charge in [0, 0.05) is 18.2 Å². The number of likely N-dealkylation sites (N-methyl/N-ethyl adjacent to an activating group) is 1. The number of halogens is 3. The summed E-state index contributed by atoms with van der Waals surface area (Å²) in [6, 6.07) is 5.28. The molecule has 1 fully saturated rings. The Morgan fingerprint density at radius 2 is 2.07 bits per heavy atom. The van der Waals surface area contributed by atoms with Gasteiger partial charge in [0.05, 0.1) is 24.3 Å². The monoisotopic (exact) mass is 406 g/mol. The first-order valence-electron chi connectivity index (χ1n) is 9.31. The van der Waals surface area contributed by atoms with Crippen LogP contribution in [0.5, 0.6) is 5.75 Å². The zero-order valence-electron chi connectivity index (χ0n) is 16.1. The predicted molar refractivity (Wildman–Crippen MR) is 103 cm³/mol. The number of nitrogens with zero attached hydrogens (tertiary/aromatic N) is 3. The van der Waals surface area contributed by atoms with E-state index in [4.69, 9.17) is 9.15 Å². The molecule has 0 bridgehead atoms. The number of furan rings is 1. The molecule has 1 aliphatic rings. The summed E-state index contributed by atoms with van der Waals surface area (Å²) < 4.78 is 49.9. The minimum atomic E-state index is -4.45. The van der Waals surface area contributed by atoms with Crippen LogP contribution in [-0.4, -0.2) is 48.4 Å². The van der Waals surface area contributed by atoms with Crippen LogP contribution in [0.1, 0.15) is 18.4 Å². The van der Waals surface area contributed by atoms with E-state index in [9.17, 15) is 13.2 Å². The molecule has 3 aromatic rings. The molecular weight excluding hydrogens is 385 g/mol. The van der Waals surface area contributed by atoms with Crippen molar-refractivity contribution in [2.45, 2.75) is 25.1 Å². The number of aromatic nitrogens is 2. The molecule has 0 radical (unpaired) electrons. The van der Waals surface area contributed by atoms with Gasteiger partial charge in [-0.3, -0.25) is 0 Å². The quantitative estimate of drug-likeness (QED) is 0.692. The van der Waals surface area contributed by atoms with E-state index < -0.39 is 11.7 Å². The SMILES string of the molecule is COc1cc(C(F)(F)F)ccc1-c1nnc(N[C@@H]2CCCN(C)C2)c2occc12. The molecule has 3 heterocycles. The highest BCUT2D eigenvalue weighted by Crippen LogP contribution is 2.39. The number of hydrogen-bond donors (Lipinski definition) is 1. The van der Waals surface area contributed by atoms with Gasteiger partial charge in [-0.1, -0.05) is 0 Å². The Hall–Kier alpha value is -2.81. The molecule has 0 saturated carbocycles. The van der Waals surface area contributed by atoms with Crippen LogP contribution in [0.3, 0.4) is 0 Å². The number of alkyl halides is 3. The lowest BCUT2D eigenvalue weighted by Crippen LogP contribution is -2.40. The molecule has 1 aromatic carbocycles. The molecule has 4 rings (SSSR count). The van der Waals surface area contributed by atoms with Crippen LogP contribution in [-0.2, 0) is 6.18 Å². The Balaban J connectivity index is 1.72. The van der Waals surface area contributed by atoms with Crippen molar-refractivity contribution in [3.63, 3.8) is 0 Å². The van der Waals surface area contributed by atoms with E-state index in [1.165, 1.54) is 19.4 Å². The number of rotatable bonds is 4. The fourth-order valence-corrected chi connectivity index (χ4v) is 3.71. The van der Waals surface area contributed by atoms with Crippen LogP contribution in [0.25, 0.3) is 22.2 Å². The predicted octanol–water partition coefficient (Wildman–Crippen LogP) is 4.42. The Kier molecular flexibility index (Phi) is 5.08. The second kappa shape index (κ2) is 7.55. The second-order valence-corrected chi connectivity index (χ2v) is 7.22. The summed E-state index contributed by atoms with van der Waals surface area (Å²) in [5.74, 6) is 0.603. The van der Waals surface area contributed by atoms with Gasteiger partial charge in [-0.05, 0) is 50.7 Å². The van der Waals surface area contributed by atoms with Gasteiger partial charge < -0.3 is 19.4 Å². The zero-order valence-corrected chi connectivity index (χ0v) is 16.1. The number of nitrogens with one attached hydrogen (secondary N) is 1. The molecule has 6 nitrogen and oxygen atoms in total. The molecule has 29 heavy (non-hydrogen) atoms. The standard InChI is InChI=1S/C20H21F3N4O2/c1-27-8-3-4-13(11-27)24-19-18-15(7-9-29-18)17(25-26-19)14-6-5-12(20(21,22)23)10-16(14)28-2/h5-7,9-10,13H,3-4,8,11H2,1-2H3,(H,24,26)/t13-/m1/s1. The number of benzene rings is 1. The lowest BCUT2D eigenvalue weighted by atomic mass is 10.0. The normalized spacial score (nSPS) is 18.2. The minimum absolute atomic E-state index is 0.0752. The van der Waals surface area contributed by atoms with Crippen LogP contribution in [0.2, 0.25) is 0 Å². The molecule has 1 N–H and O–H groups in total. The number of anilines is 1. The summed E-state index contributed by atoms with van der Waals surface area (Å²) in [6.07, 6.45) is -0.831. The molecule has 9 heteroatoms. The maximum atomic E-state index is 13.0. The van der Waals surface area contributed by atoms with Crippen molar-refractivity contribution in [2.75, 3.05) is 32.6 Å². The highest BCUT2D eigenvalue weighted by atomic mass is 19.4. The molecular formula is C20H21F3N4O2. The van der Waals surface area contributed by atoms with E-state index in [-0.39, 0.29) is 11.8 Å². The Morgan fingerprint density at radius 3 is 2.79 bits per heavy atom. The Bertz CT molecular complexity index is 1020. The largest absolute Gasteiger partial charge is 0.496 e. The van der Waals surface area contributed by atoms with Crippen molar-refractivity contribution in [1.29, 1.82) is 0 Å². The molecule has 0 unspecified atom stereocenters. The van der Waals surface area contributed by atoms with Gasteiger partial charge in [-0.25, -0.2) is 0 Å². The van der Waals surface area contributed by atoms with Gasteiger partial charge in [-0.2, -0.15) is 13.2 Å². The van der Waals surface area contributed by atoms with E-state index in [0.717, 1.165) is 38.1 Å². The van der Waals surface area contributed by atoms with Crippen LogP contribution >= 0.6 is 0 Å². The number of piperidine rings is 1. The van der Waals surface area contributed by atoms with Crippen molar-refractivity contribution in [2.24, 2.45) is 0 Å². The fraction of sp³-hybridized carbons (Fsp3) is 0.400. The average molecular weight is 406 g/mol. The van der Waals surface area contributed by atoms with Crippen molar-refractivity contribution in [3.05, 3.63) is 36.1 Å². The second-order valence-electron chi connectivity index (χ2n) is 7.22. The average Bonchev–Trinajstić information content (AvgIpc) is 3.17. The van der Waals surface area contributed by atoms with E-state index in [1.54, 1.807) is 6.07 Å². The first-order chi connectivity index (χ1) is 13.9. The highest BCUT2D eigenvalue weighted by molar-refractivity contribution is 5.97. The molecule has 1 saturated heterocycles. The van der Waals surface area contributed by atoms with Crippen LogP contribution in [0.4, 0.5) is 19.0 Å². The Morgan fingerprint density at radius 1 is 1.24 bits per heavy atom.